The van der Waals surface area contributed by atoms with Gasteiger partial charge in [0.05, 0.1) is 12.8 Å². The normalized spacial score (nSPS) is 20.7. The Labute approximate surface area is 132 Å². The third kappa shape index (κ3) is 3.05. The highest BCUT2D eigenvalue weighted by atomic mass is 79.9. The molecule has 1 N–H and O–H groups in total. The van der Waals surface area contributed by atoms with E-state index in [4.69, 9.17) is 4.74 Å². The second-order valence-corrected chi connectivity index (χ2v) is 6.23. The number of anilines is 1. The molecule has 0 aliphatic heterocycles. The van der Waals surface area contributed by atoms with E-state index < -0.39 is 0 Å². The van der Waals surface area contributed by atoms with Gasteiger partial charge in [-0.25, -0.2) is 4.39 Å². The standard InChI is InChI=1S/C17H17BrFNO/c1-21-13-6-7-15(18)17(10-13)20-12-8-11(9-12)14-4-2-3-5-16(14)19/h2-7,10-12,20H,8-9H2,1H3. The molecule has 0 aromatic heterocycles. The second kappa shape index (κ2) is 6.06. The number of hydrogen-bond donors (Lipinski definition) is 1. The van der Waals surface area contributed by atoms with Crippen LogP contribution in [-0.4, -0.2) is 13.2 Å². The highest BCUT2D eigenvalue weighted by molar-refractivity contribution is 9.10. The van der Waals surface area contributed by atoms with Gasteiger partial charge in [0.15, 0.2) is 0 Å². The van der Waals surface area contributed by atoms with Crippen molar-refractivity contribution in [3.63, 3.8) is 0 Å². The number of ether oxygens (including phenoxy) is 1. The van der Waals surface area contributed by atoms with Crippen molar-refractivity contribution in [2.75, 3.05) is 12.4 Å². The van der Waals surface area contributed by atoms with Crippen molar-refractivity contribution < 1.29 is 9.13 Å². The summed E-state index contributed by atoms with van der Waals surface area (Å²) in [5.41, 5.74) is 1.85. The van der Waals surface area contributed by atoms with E-state index in [2.05, 4.69) is 21.2 Å². The van der Waals surface area contributed by atoms with Gasteiger partial charge in [0, 0.05) is 16.6 Å². The Morgan fingerprint density at radius 1 is 1.19 bits per heavy atom. The van der Waals surface area contributed by atoms with Crippen LogP contribution in [0.5, 0.6) is 5.75 Å². The molecule has 21 heavy (non-hydrogen) atoms. The summed E-state index contributed by atoms with van der Waals surface area (Å²) in [5, 5.41) is 3.49. The van der Waals surface area contributed by atoms with Crippen LogP contribution in [0.15, 0.2) is 46.9 Å². The lowest BCUT2D eigenvalue weighted by atomic mass is 9.75. The number of nitrogens with one attached hydrogen (secondary N) is 1. The summed E-state index contributed by atoms with van der Waals surface area (Å²) in [6.07, 6.45) is 1.90. The fraction of sp³-hybridized carbons (Fsp3) is 0.294. The lowest BCUT2D eigenvalue weighted by Gasteiger charge is -2.37. The minimum absolute atomic E-state index is 0.0940. The molecule has 0 spiro atoms. The summed E-state index contributed by atoms with van der Waals surface area (Å²) < 4.78 is 20.0. The second-order valence-electron chi connectivity index (χ2n) is 5.38. The van der Waals surface area contributed by atoms with Crippen LogP contribution in [0.3, 0.4) is 0 Å². The van der Waals surface area contributed by atoms with Gasteiger partial charge in [0.1, 0.15) is 11.6 Å². The molecule has 2 nitrogen and oxygen atoms in total. The average molecular weight is 350 g/mol. The zero-order chi connectivity index (χ0) is 14.8. The van der Waals surface area contributed by atoms with Gasteiger partial charge in [-0.15, -0.1) is 0 Å². The summed E-state index contributed by atoms with van der Waals surface area (Å²) >= 11 is 3.54. The molecule has 1 aliphatic rings. The zero-order valence-electron chi connectivity index (χ0n) is 11.8. The van der Waals surface area contributed by atoms with Crippen LogP contribution in [-0.2, 0) is 0 Å². The minimum Gasteiger partial charge on any atom is -0.497 e. The highest BCUT2D eigenvalue weighted by Crippen LogP contribution is 2.40. The van der Waals surface area contributed by atoms with Gasteiger partial charge in [0.25, 0.3) is 0 Å². The molecule has 3 rings (SSSR count). The maximum Gasteiger partial charge on any atom is 0.126 e. The monoisotopic (exact) mass is 349 g/mol. The van der Waals surface area contributed by atoms with Gasteiger partial charge < -0.3 is 10.1 Å². The minimum atomic E-state index is -0.0940. The van der Waals surface area contributed by atoms with E-state index in [0.717, 1.165) is 34.3 Å². The van der Waals surface area contributed by atoms with E-state index in [1.165, 1.54) is 6.07 Å². The zero-order valence-corrected chi connectivity index (χ0v) is 13.4. The van der Waals surface area contributed by atoms with Gasteiger partial charge in [-0.3, -0.25) is 0 Å². The smallest absolute Gasteiger partial charge is 0.126 e. The maximum absolute atomic E-state index is 13.7. The molecule has 0 saturated heterocycles. The number of benzene rings is 2. The van der Waals surface area contributed by atoms with Crippen molar-refractivity contribution in [3.05, 3.63) is 58.3 Å². The molecule has 1 fully saturated rings. The summed E-state index contributed by atoms with van der Waals surface area (Å²) in [6.45, 7) is 0. The van der Waals surface area contributed by atoms with E-state index in [1.54, 1.807) is 13.2 Å². The van der Waals surface area contributed by atoms with E-state index in [-0.39, 0.29) is 5.82 Å². The lowest BCUT2D eigenvalue weighted by Crippen LogP contribution is -2.34. The summed E-state index contributed by atoms with van der Waals surface area (Å²) in [6, 6.07) is 13.3. The Hall–Kier alpha value is -1.55. The quantitative estimate of drug-likeness (QED) is 0.842. The van der Waals surface area contributed by atoms with Crippen LogP contribution in [0, 0.1) is 5.82 Å². The Morgan fingerprint density at radius 2 is 1.95 bits per heavy atom. The van der Waals surface area contributed by atoms with Crippen LogP contribution < -0.4 is 10.1 Å². The molecule has 0 atom stereocenters. The van der Waals surface area contributed by atoms with Crippen molar-refractivity contribution >= 4 is 21.6 Å². The molecule has 0 radical (unpaired) electrons. The summed E-state index contributed by atoms with van der Waals surface area (Å²) in [7, 11) is 1.66. The number of hydrogen-bond acceptors (Lipinski definition) is 2. The third-order valence-electron chi connectivity index (χ3n) is 4.02. The van der Waals surface area contributed by atoms with E-state index >= 15 is 0 Å². The number of methoxy groups -OCH3 is 1. The molecule has 0 heterocycles. The first-order chi connectivity index (χ1) is 10.2. The first-order valence-electron chi connectivity index (χ1n) is 7.02. The lowest BCUT2D eigenvalue weighted by molar-refractivity contribution is 0.363. The van der Waals surface area contributed by atoms with Crippen LogP contribution in [0.1, 0.15) is 24.3 Å². The van der Waals surface area contributed by atoms with Crippen LogP contribution in [0.25, 0.3) is 0 Å². The Balaban J connectivity index is 1.64. The molecule has 1 aliphatic carbocycles. The first kappa shape index (κ1) is 14.4. The van der Waals surface area contributed by atoms with Crippen molar-refractivity contribution in [2.24, 2.45) is 0 Å². The van der Waals surface area contributed by atoms with Gasteiger partial charge in [0.2, 0.25) is 0 Å². The fourth-order valence-corrected chi connectivity index (χ4v) is 3.12. The average Bonchev–Trinajstić information content (AvgIpc) is 2.45. The highest BCUT2D eigenvalue weighted by Gasteiger charge is 2.32. The number of rotatable bonds is 4. The van der Waals surface area contributed by atoms with Crippen molar-refractivity contribution in [1.82, 2.24) is 0 Å². The molecular formula is C17H17BrFNO. The molecule has 0 amide bonds. The van der Waals surface area contributed by atoms with Crippen LogP contribution >= 0.6 is 15.9 Å². The molecule has 2 aromatic carbocycles. The van der Waals surface area contributed by atoms with Crippen LogP contribution in [0.2, 0.25) is 0 Å². The Morgan fingerprint density at radius 3 is 2.67 bits per heavy atom. The van der Waals surface area contributed by atoms with Gasteiger partial charge in [-0.2, -0.15) is 0 Å². The predicted octanol–water partition coefficient (Wildman–Crippen LogP) is 4.95. The Bertz CT molecular complexity index is 640. The molecule has 110 valence electrons. The van der Waals surface area contributed by atoms with Crippen molar-refractivity contribution in [3.8, 4) is 5.75 Å². The third-order valence-corrected chi connectivity index (χ3v) is 4.71. The fourth-order valence-electron chi connectivity index (χ4n) is 2.76. The van der Waals surface area contributed by atoms with E-state index in [1.807, 2.05) is 30.3 Å². The molecule has 2 aromatic rings. The maximum atomic E-state index is 13.7. The van der Waals surface area contributed by atoms with Gasteiger partial charge in [-0.1, -0.05) is 18.2 Å². The van der Waals surface area contributed by atoms with Crippen molar-refractivity contribution in [2.45, 2.75) is 24.8 Å². The summed E-state index contributed by atoms with van der Waals surface area (Å²) in [4.78, 5) is 0. The predicted molar refractivity (Wildman–Crippen MR) is 86.5 cm³/mol. The molecule has 4 heteroatoms. The van der Waals surface area contributed by atoms with E-state index in [0.29, 0.717) is 12.0 Å². The molecule has 0 bridgehead atoms. The van der Waals surface area contributed by atoms with E-state index in [9.17, 15) is 4.39 Å². The van der Waals surface area contributed by atoms with Crippen LogP contribution in [0.4, 0.5) is 10.1 Å². The topological polar surface area (TPSA) is 21.3 Å². The molecule has 0 unspecified atom stereocenters. The summed E-state index contributed by atoms with van der Waals surface area (Å²) in [5.74, 6) is 1.04. The van der Waals surface area contributed by atoms with Gasteiger partial charge in [-0.05, 0) is 58.5 Å². The van der Waals surface area contributed by atoms with Crippen molar-refractivity contribution in [1.29, 1.82) is 0 Å². The van der Waals surface area contributed by atoms with Gasteiger partial charge >= 0.3 is 0 Å². The number of halogens is 2. The largest absolute Gasteiger partial charge is 0.497 e. The molecular weight excluding hydrogens is 333 g/mol. The first-order valence-corrected chi connectivity index (χ1v) is 7.81. The Kier molecular flexibility index (Phi) is 4.15. The molecule has 1 saturated carbocycles. The SMILES string of the molecule is COc1ccc(Br)c(NC2CC(c3ccccc3F)C2)c1.